The van der Waals surface area contributed by atoms with Crippen LogP contribution in [0, 0.1) is 5.92 Å². The van der Waals surface area contributed by atoms with E-state index in [1.165, 1.54) is 0 Å². The zero-order valence-corrected chi connectivity index (χ0v) is 7.02. The van der Waals surface area contributed by atoms with E-state index >= 15 is 0 Å². The number of hydrogen-bond donors (Lipinski definition) is 2. The van der Waals surface area contributed by atoms with E-state index in [1.54, 1.807) is 0 Å². The maximum absolute atomic E-state index is 12.1. The lowest BCUT2D eigenvalue weighted by molar-refractivity contribution is -0.138. The van der Waals surface area contributed by atoms with Crippen LogP contribution in [0.1, 0.15) is 12.8 Å². The summed E-state index contributed by atoms with van der Waals surface area (Å²) >= 11 is 4.61. The third kappa shape index (κ3) is 6.30. The summed E-state index contributed by atoms with van der Waals surface area (Å²) in [4.78, 5) is 10.1. The first-order valence-electron chi connectivity index (χ1n) is 3.33. The molecular weight excluding hydrogens is 192 g/mol. The predicted octanol–water partition coefficient (Wildman–Crippen LogP) is 1.26. The van der Waals surface area contributed by atoms with E-state index in [-0.39, 0.29) is 13.0 Å². The number of alkyl halides is 3. The second-order valence-corrected chi connectivity index (χ2v) is 3.07. The Morgan fingerprint density at radius 3 is 2.42 bits per heavy atom. The van der Waals surface area contributed by atoms with Gasteiger partial charge in [0.2, 0.25) is 0 Å². The Balaban J connectivity index is 3.92. The number of hydrogen-bond acceptors (Lipinski definition) is 2. The van der Waals surface area contributed by atoms with E-state index in [9.17, 15) is 13.6 Å². The number of carbonyl (C=O) groups is 1. The van der Waals surface area contributed by atoms with Gasteiger partial charge in [0, 0.05) is 12.8 Å². The standard InChI is InChI=1S/C6H10ClF2NO2/c7-6(8,9)2-4(3-10)1-5(11)12/h4H,1-3,10H2,(H,11,12). The van der Waals surface area contributed by atoms with Crippen LogP contribution in [0.3, 0.4) is 0 Å². The lowest BCUT2D eigenvalue weighted by Crippen LogP contribution is -2.23. The minimum Gasteiger partial charge on any atom is -0.481 e. The van der Waals surface area contributed by atoms with Gasteiger partial charge in [-0.05, 0) is 24.1 Å². The molecule has 0 aliphatic heterocycles. The lowest BCUT2D eigenvalue weighted by Gasteiger charge is -2.15. The summed E-state index contributed by atoms with van der Waals surface area (Å²) < 4.78 is 24.3. The summed E-state index contributed by atoms with van der Waals surface area (Å²) in [5, 5.41) is 4.91. The fourth-order valence-electron chi connectivity index (χ4n) is 0.813. The Labute approximate surface area is 73.5 Å². The maximum Gasteiger partial charge on any atom is 0.322 e. The second kappa shape index (κ2) is 4.57. The molecule has 12 heavy (non-hydrogen) atoms. The summed E-state index contributed by atoms with van der Waals surface area (Å²) in [5.41, 5.74) is 5.07. The molecule has 0 saturated heterocycles. The highest BCUT2D eigenvalue weighted by Gasteiger charge is 2.29. The molecular formula is C6H10ClF2NO2. The summed E-state index contributed by atoms with van der Waals surface area (Å²) in [6.45, 7) is -0.103. The molecule has 0 aromatic rings. The molecule has 0 aromatic heterocycles. The number of aliphatic carboxylic acids is 1. The maximum atomic E-state index is 12.1. The molecule has 0 fully saturated rings. The van der Waals surface area contributed by atoms with Crippen LogP contribution in [-0.4, -0.2) is 23.0 Å². The van der Waals surface area contributed by atoms with Crippen LogP contribution in [0.4, 0.5) is 8.78 Å². The molecule has 1 atom stereocenters. The van der Waals surface area contributed by atoms with E-state index in [2.05, 4.69) is 11.6 Å². The zero-order valence-electron chi connectivity index (χ0n) is 6.27. The third-order valence-electron chi connectivity index (χ3n) is 1.32. The van der Waals surface area contributed by atoms with Gasteiger partial charge in [-0.1, -0.05) is 0 Å². The van der Waals surface area contributed by atoms with Crippen molar-refractivity contribution in [1.29, 1.82) is 0 Å². The molecule has 0 saturated carbocycles. The Morgan fingerprint density at radius 1 is 1.67 bits per heavy atom. The fourth-order valence-corrected chi connectivity index (χ4v) is 1.03. The summed E-state index contributed by atoms with van der Waals surface area (Å²) in [5.74, 6) is -1.92. The monoisotopic (exact) mass is 201 g/mol. The van der Waals surface area contributed by atoms with Gasteiger partial charge < -0.3 is 10.8 Å². The molecule has 0 bridgehead atoms. The van der Waals surface area contributed by atoms with E-state index in [0.29, 0.717) is 0 Å². The van der Waals surface area contributed by atoms with Crippen molar-refractivity contribution in [1.82, 2.24) is 0 Å². The number of rotatable bonds is 5. The van der Waals surface area contributed by atoms with Gasteiger partial charge in [-0.15, -0.1) is 0 Å². The number of carboxylic acids is 1. The van der Waals surface area contributed by atoms with Crippen LogP contribution >= 0.6 is 11.6 Å². The lowest BCUT2D eigenvalue weighted by atomic mass is 10.0. The minimum atomic E-state index is -3.36. The van der Waals surface area contributed by atoms with Gasteiger partial charge in [-0.25, -0.2) is 0 Å². The predicted molar refractivity (Wildman–Crippen MR) is 40.2 cm³/mol. The van der Waals surface area contributed by atoms with Gasteiger partial charge in [0.1, 0.15) is 0 Å². The topological polar surface area (TPSA) is 63.3 Å². The molecule has 0 aliphatic carbocycles. The Morgan fingerprint density at radius 2 is 2.17 bits per heavy atom. The summed E-state index contributed by atoms with van der Waals surface area (Å²) in [6, 6.07) is 0. The van der Waals surface area contributed by atoms with E-state index in [0.717, 1.165) is 0 Å². The molecule has 0 rings (SSSR count). The first kappa shape index (κ1) is 11.6. The van der Waals surface area contributed by atoms with Crippen LogP contribution in [0.5, 0.6) is 0 Å². The molecule has 6 heteroatoms. The smallest absolute Gasteiger partial charge is 0.322 e. The second-order valence-electron chi connectivity index (χ2n) is 2.52. The van der Waals surface area contributed by atoms with Gasteiger partial charge in [0.05, 0.1) is 0 Å². The van der Waals surface area contributed by atoms with Crippen molar-refractivity contribution in [3.8, 4) is 0 Å². The highest BCUT2D eigenvalue weighted by Crippen LogP contribution is 2.28. The minimum absolute atomic E-state index is 0.103. The number of nitrogens with two attached hydrogens (primary N) is 1. The van der Waals surface area contributed by atoms with Crippen molar-refractivity contribution in [2.75, 3.05) is 6.54 Å². The van der Waals surface area contributed by atoms with Crippen LogP contribution in [-0.2, 0) is 4.79 Å². The molecule has 3 nitrogen and oxygen atoms in total. The van der Waals surface area contributed by atoms with E-state index in [1.807, 2.05) is 0 Å². The largest absolute Gasteiger partial charge is 0.481 e. The molecule has 0 radical (unpaired) electrons. The van der Waals surface area contributed by atoms with Gasteiger partial charge in [0.15, 0.2) is 0 Å². The van der Waals surface area contributed by atoms with Gasteiger partial charge in [-0.2, -0.15) is 8.78 Å². The zero-order chi connectivity index (χ0) is 9.78. The van der Waals surface area contributed by atoms with E-state index in [4.69, 9.17) is 10.8 Å². The molecule has 72 valence electrons. The highest BCUT2D eigenvalue weighted by atomic mass is 35.5. The molecule has 3 N–H and O–H groups in total. The molecule has 0 aliphatic rings. The van der Waals surface area contributed by atoms with Crippen molar-refractivity contribution in [3.05, 3.63) is 0 Å². The molecule has 0 heterocycles. The van der Waals surface area contributed by atoms with Crippen LogP contribution in [0.15, 0.2) is 0 Å². The average Bonchev–Trinajstić information content (AvgIpc) is 1.82. The molecule has 0 amide bonds. The molecule has 1 unspecified atom stereocenters. The van der Waals surface area contributed by atoms with Crippen LogP contribution in [0.25, 0.3) is 0 Å². The average molecular weight is 202 g/mol. The van der Waals surface area contributed by atoms with Crippen molar-refractivity contribution in [2.45, 2.75) is 18.2 Å². The number of carboxylic acid groups (broad SMARTS) is 1. The quantitative estimate of drug-likeness (QED) is 0.659. The third-order valence-corrected chi connectivity index (χ3v) is 1.47. The Bertz CT molecular complexity index is 160. The van der Waals surface area contributed by atoms with Crippen molar-refractivity contribution >= 4 is 17.6 Å². The first-order chi connectivity index (χ1) is 5.35. The van der Waals surface area contributed by atoms with Crippen molar-refractivity contribution in [2.24, 2.45) is 11.7 Å². The van der Waals surface area contributed by atoms with Gasteiger partial charge in [0.25, 0.3) is 0 Å². The van der Waals surface area contributed by atoms with Crippen LogP contribution < -0.4 is 5.73 Å². The van der Waals surface area contributed by atoms with Gasteiger partial charge >= 0.3 is 11.4 Å². The fraction of sp³-hybridized carbons (Fsp3) is 0.833. The Kier molecular flexibility index (Phi) is 4.41. The summed E-state index contributed by atoms with van der Waals surface area (Å²) in [7, 11) is 0. The SMILES string of the molecule is NCC(CC(=O)O)CC(F)(F)Cl. The Hall–Kier alpha value is -0.420. The first-order valence-corrected chi connectivity index (χ1v) is 3.71. The molecule has 0 spiro atoms. The molecule has 0 aromatic carbocycles. The highest BCUT2D eigenvalue weighted by molar-refractivity contribution is 6.21. The van der Waals surface area contributed by atoms with Crippen molar-refractivity contribution < 1.29 is 18.7 Å². The van der Waals surface area contributed by atoms with Crippen LogP contribution in [0.2, 0.25) is 0 Å². The number of halogens is 3. The normalized spacial score (nSPS) is 14.3. The summed E-state index contributed by atoms with van der Waals surface area (Å²) in [6.07, 6.45) is -1.07. The van der Waals surface area contributed by atoms with Gasteiger partial charge in [-0.3, -0.25) is 4.79 Å². The van der Waals surface area contributed by atoms with E-state index < -0.39 is 23.7 Å². The van der Waals surface area contributed by atoms with Crippen molar-refractivity contribution in [3.63, 3.8) is 0 Å².